The van der Waals surface area contributed by atoms with Gasteiger partial charge in [-0.25, -0.2) is 0 Å². The van der Waals surface area contributed by atoms with E-state index in [0.717, 1.165) is 29.7 Å². The number of hydrogen-bond acceptors (Lipinski definition) is 2. The van der Waals surface area contributed by atoms with Crippen molar-refractivity contribution >= 4 is 5.91 Å². The van der Waals surface area contributed by atoms with E-state index in [1.54, 1.807) is 0 Å². The zero-order chi connectivity index (χ0) is 14.2. The van der Waals surface area contributed by atoms with Crippen molar-refractivity contribution in [2.45, 2.75) is 40.2 Å². The Kier molecular flexibility index (Phi) is 3.68. The van der Waals surface area contributed by atoms with E-state index < -0.39 is 0 Å². The summed E-state index contributed by atoms with van der Waals surface area (Å²) in [4.78, 5) is 14.5. The van der Waals surface area contributed by atoms with Gasteiger partial charge >= 0.3 is 0 Å². The zero-order valence-electron chi connectivity index (χ0n) is 12.4. The molecule has 19 heavy (non-hydrogen) atoms. The van der Waals surface area contributed by atoms with Gasteiger partial charge in [-0.05, 0) is 37.3 Å². The highest BCUT2D eigenvalue weighted by Crippen LogP contribution is 2.30. The molecule has 1 aliphatic heterocycles. The van der Waals surface area contributed by atoms with Crippen molar-refractivity contribution in [3.8, 4) is 0 Å². The molecule has 1 unspecified atom stereocenters. The first-order valence-corrected chi connectivity index (χ1v) is 6.93. The summed E-state index contributed by atoms with van der Waals surface area (Å²) in [5.74, 6) is 0.118. The first-order chi connectivity index (χ1) is 8.81. The van der Waals surface area contributed by atoms with Crippen LogP contribution in [0.25, 0.3) is 0 Å². The van der Waals surface area contributed by atoms with Crippen LogP contribution in [0.2, 0.25) is 0 Å². The van der Waals surface area contributed by atoms with E-state index in [0.29, 0.717) is 6.54 Å². The van der Waals surface area contributed by atoms with Crippen molar-refractivity contribution in [1.82, 2.24) is 4.90 Å². The fourth-order valence-corrected chi connectivity index (χ4v) is 2.51. The van der Waals surface area contributed by atoms with Crippen molar-refractivity contribution in [2.75, 3.05) is 13.1 Å². The highest BCUT2D eigenvalue weighted by Gasteiger charge is 2.35. The number of nitrogens with two attached hydrogens (primary N) is 1. The van der Waals surface area contributed by atoms with Gasteiger partial charge in [-0.15, -0.1) is 0 Å². The molecule has 2 rings (SSSR count). The van der Waals surface area contributed by atoms with Crippen LogP contribution in [-0.2, 0) is 0 Å². The van der Waals surface area contributed by atoms with E-state index in [4.69, 9.17) is 5.73 Å². The van der Waals surface area contributed by atoms with Gasteiger partial charge in [0.15, 0.2) is 0 Å². The van der Waals surface area contributed by atoms with Gasteiger partial charge in [0.05, 0.1) is 0 Å². The zero-order valence-corrected chi connectivity index (χ0v) is 12.4. The summed E-state index contributed by atoms with van der Waals surface area (Å²) < 4.78 is 0. The fraction of sp³-hybridized carbons (Fsp3) is 0.562. The first kappa shape index (κ1) is 14.1. The second-order valence-corrected chi connectivity index (χ2v) is 6.41. The molecule has 0 bridgehead atoms. The maximum Gasteiger partial charge on any atom is 0.254 e. The number of benzene rings is 1. The molecular weight excluding hydrogens is 236 g/mol. The quantitative estimate of drug-likeness (QED) is 0.843. The summed E-state index contributed by atoms with van der Waals surface area (Å²) in [5, 5.41) is 0. The molecule has 1 aromatic rings. The molecule has 1 aliphatic rings. The van der Waals surface area contributed by atoms with Crippen molar-refractivity contribution in [3.05, 3.63) is 34.9 Å². The van der Waals surface area contributed by atoms with Crippen LogP contribution >= 0.6 is 0 Å². The van der Waals surface area contributed by atoms with Crippen molar-refractivity contribution < 1.29 is 4.79 Å². The van der Waals surface area contributed by atoms with E-state index in [9.17, 15) is 4.79 Å². The molecule has 1 heterocycles. The number of carbonyl (C=O) groups excluding carboxylic acids is 1. The standard InChI is InChI=1S/C16H24N2O/c1-11-5-6-12(2)13(9-11)15(19)18-8-7-16(3,4)14(17)10-18/h5-6,9,14H,7-8,10,17H2,1-4H3. The largest absolute Gasteiger partial charge is 0.337 e. The summed E-state index contributed by atoms with van der Waals surface area (Å²) in [7, 11) is 0. The van der Waals surface area contributed by atoms with Crippen LogP contribution in [-0.4, -0.2) is 29.9 Å². The predicted octanol–water partition coefficient (Wildman–Crippen LogP) is 2.50. The normalized spacial score (nSPS) is 22.4. The van der Waals surface area contributed by atoms with Crippen LogP contribution < -0.4 is 5.73 Å². The second kappa shape index (κ2) is 4.97. The Morgan fingerprint density at radius 1 is 1.37 bits per heavy atom. The van der Waals surface area contributed by atoms with Crippen LogP contribution in [0.4, 0.5) is 0 Å². The predicted molar refractivity (Wildman–Crippen MR) is 78.2 cm³/mol. The van der Waals surface area contributed by atoms with E-state index in [-0.39, 0.29) is 17.4 Å². The Morgan fingerprint density at radius 3 is 2.68 bits per heavy atom. The third-order valence-electron chi connectivity index (χ3n) is 4.36. The lowest BCUT2D eigenvalue weighted by Gasteiger charge is -2.42. The molecule has 1 saturated heterocycles. The highest BCUT2D eigenvalue weighted by molar-refractivity contribution is 5.96. The molecule has 1 fully saturated rings. The van der Waals surface area contributed by atoms with Gasteiger partial charge in [0.2, 0.25) is 0 Å². The molecule has 3 heteroatoms. The van der Waals surface area contributed by atoms with Crippen LogP contribution in [0, 0.1) is 19.3 Å². The Morgan fingerprint density at radius 2 is 2.05 bits per heavy atom. The smallest absolute Gasteiger partial charge is 0.254 e. The minimum atomic E-state index is 0.0512. The van der Waals surface area contributed by atoms with Crippen LogP contribution in [0.1, 0.15) is 41.8 Å². The lowest BCUT2D eigenvalue weighted by atomic mass is 9.78. The number of rotatable bonds is 1. The molecule has 1 aromatic carbocycles. The third-order valence-corrected chi connectivity index (χ3v) is 4.36. The molecule has 0 saturated carbocycles. The molecular formula is C16H24N2O. The van der Waals surface area contributed by atoms with Crippen LogP contribution in [0.5, 0.6) is 0 Å². The lowest BCUT2D eigenvalue weighted by molar-refractivity contribution is 0.0574. The van der Waals surface area contributed by atoms with Crippen molar-refractivity contribution in [2.24, 2.45) is 11.1 Å². The van der Waals surface area contributed by atoms with Gasteiger partial charge in [0.25, 0.3) is 5.91 Å². The number of likely N-dealkylation sites (tertiary alicyclic amines) is 1. The molecule has 3 nitrogen and oxygen atoms in total. The molecule has 0 aromatic heterocycles. The average molecular weight is 260 g/mol. The number of nitrogens with zero attached hydrogens (tertiary/aromatic N) is 1. The van der Waals surface area contributed by atoms with Gasteiger partial charge in [0.1, 0.15) is 0 Å². The average Bonchev–Trinajstić information content (AvgIpc) is 2.35. The monoisotopic (exact) mass is 260 g/mol. The summed E-state index contributed by atoms with van der Waals surface area (Å²) in [5.41, 5.74) is 9.29. The maximum atomic E-state index is 12.6. The van der Waals surface area contributed by atoms with Gasteiger partial charge in [-0.1, -0.05) is 31.5 Å². The summed E-state index contributed by atoms with van der Waals surface area (Å²) in [6.45, 7) is 9.81. The summed E-state index contributed by atoms with van der Waals surface area (Å²) in [6.07, 6.45) is 0.963. The number of carbonyl (C=O) groups is 1. The molecule has 0 radical (unpaired) electrons. The Bertz CT molecular complexity index is 494. The van der Waals surface area contributed by atoms with Gasteiger partial charge in [-0.3, -0.25) is 4.79 Å². The lowest BCUT2D eigenvalue weighted by Crippen LogP contribution is -2.54. The Hall–Kier alpha value is -1.35. The maximum absolute atomic E-state index is 12.6. The number of piperidine rings is 1. The number of hydrogen-bond donors (Lipinski definition) is 1. The van der Waals surface area contributed by atoms with E-state index in [1.165, 1.54) is 0 Å². The first-order valence-electron chi connectivity index (χ1n) is 6.93. The number of aryl methyl sites for hydroxylation is 2. The molecule has 104 valence electrons. The van der Waals surface area contributed by atoms with E-state index in [2.05, 4.69) is 13.8 Å². The fourth-order valence-electron chi connectivity index (χ4n) is 2.51. The molecule has 2 N–H and O–H groups in total. The molecule has 0 aliphatic carbocycles. The third kappa shape index (κ3) is 2.81. The van der Waals surface area contributed by atoms with Crippen LogP contribution in [0.15, 0.2) is 18.2 Å². The molecule has 1 amide bonds. The second-order valence-electron chi connectivity index (χ2n) is 6.41. The van der Waals surface area contributed by atoms with Gasteiger partial charge in [0, 0.05) is 24.7 Å². The van der Waals surface area contributed by atoms with E-state index >= 15 is 0 Å². The molecule has 0 spiro atoms. The van der Waals surface area contributed by atoms with Crippen molar-refractivity contribution in [3.63, 3.8) is 0 Å². The van der Waals surface area contributed by atoms with Gasteiger partial charge in [-0.2, -0.15) is 0 Å². The highest BCUT2D eigenvalue weighted by atomic mass is 16.2. The number of amides is 1. The molecule has 1 atom stereocenters. The summed E-state index contributed by atoms with van der Waals surface area (Å²) >= 11 is 0. The van der Waals surface area contributed by atoms with E-state index in [1.807, 2.05) is 36.9 Å². The van der Waals surface area contributed by atoms with Gasteiger partial charge < -0.3 is 10.6 Å². The van der Waals surface area contributed by atoms with Crippen molar-refractivity contribution in [1.29, 1.82) is 0 Å². The Labute approximate surface area is 115 Å². The van der Waals surface area contributed by atoms with Crippen LogP contribution in [0.3, 0.4) is 0 Å². The topological polar surface area (TPSA) is 46.3 Å². The SMILES string of the molecule is Cc1ccc(C)c(C(=O)N2CCC(C)(C)C(N)C2)c1. The minimum Gasteiger partial charge on any atom is -0.337 e. The Balaban J connectivity index is 2.19. The minimum absolute atomic E-state index is 0.0512. The summed E-state index contributed by atoms with van der Waals surface area (Å²) in [6, 6.07) is 6.08.